The number of primary amides is 1. The summed E-state index contributed by atoms with van der Waals surface area (Å²) in [5.41, 5.74) is 6.21. The minimum atomic E-state index is -0.278. The number of aromatic nitrogens is 2. The molecule has 0 fully saturated rings. The maximum absolute atomic E-state index is 10.6. The summed E-state index contributed by atoms with van der Waals surface area (Å²) in [6.45, 7) is 5.57. The second-order valence-electron chi connectivity index (χ2n) is 3.66. The second-order valence-corrected chi connectivity index (χ2v) is 3.66. The molecule has 0 aliphatic rings. The van der Waals surface area contributed by atoms with Gasteiger partial charge in [-0.3, -0.25) is 9.48 Å². The van der Waals surface area contributed by atoms with Crippen LogP contribution < -0.4 is 11.1 Å². The number of hydrogen-bond donors (Lipinski definition) is 2. The summed E-state index contributed by atoms with van der Waals surface area (Å²) in [6.07, 6.45) is 4.18. The van der Waals surface area contributed by atoms with Crippen molar-refractivity contribution in [3.05, 3.63) is 18.0 Å². The van der Waals surface area contributed by atoms with Gasteiger partial charge in [-0.25, -0.2) is 0 Å². The molecule has 1 unspecified atom stereocenters. The van der Waals surface area contributed by atoms with Crippen molar-refractivity contribution >= 4 is 5.91 Å². The fourth-order valence-electron chi connectivity index (χ4n) is 1.34. The van der Waals surface area contributed by atoms with Crippen LogP contribution in [0.1, 0.15) is 25.8 Å². The van der Waals surface area contributed by atoms with Crippen molar-refractivity contribution in [2.75, 3.05) is 0 Å². The van der Waals surface area contributed by atoms with Crippen molar-refractivity contribution in [2.45, 2.75) is 39.4 Å². The topological polar surface area (TPSA) is 72.9 Å². The molecule has 0 aromatic carbocycles. The quantitative estimate of drug-likeness (QED) is 0.707. The van der Waals surface area contributed by atoms with E-state index in [9.17, 15) is 4.79 Å². The number of carbonyl (C=O) groups excluding carboxylic acids is 1. The van der Waals surface area contributed by atoms with Gasteiger partial charge in [0.15, 0.2) is 0 Å². The Morgan fingerprint density at radius 2 is 2.47 bits per heavy atom. The van der Waals surface area contributed by atoms with Gasteiger partial charge in [0.2, 0.25) is 5.91 Å². The van der Waals surface area contributed by atoms with Gasteiger partial charge >= 0.3 is 0 Å². The molecule has 0 saturated carbocycles. The smallest absolute Gasteiger partial charge is 0.218 e. The minimum Gasteiger partial charge on any atom is -0.370 e. The van der Waals surface area contributed by atoms with Crippen molar-refractivity contribution in [1.82, 2.24) is 15.1 Å². The van der Waals surface area contributed by atoms with Crippen LogP contribution >= 0.6 is 0 Å². The highest BCUT2D eigenvalue weighted by molar-refractivity contribution is 5.74. The molecule has 0 spiro atoms. The Morgan fingerprint density at radius 1 is 1.73 bits per heavy atom. The molecule has 1 aromatic heterocycles. The molecule has 1 heterocycles. The first-order chi connectivity index (χ1) is 7.11. The molecule has 1 rings (SSSR count). The Balaban J connectivity index is 2.33. The number of nitrogens with two attached hydrogens (primary N) is 1. The van der Waals surface area contributed by atoms with Crippen molar-refractivity contribution in [3.8, 4) is 0 Å². The van der Waals surface area contributed by atoms with Gasteiger partial charge in [-0.2, -0.15) is 5.10 Å². The van der Waals surface area contributed by atoms with Crippen LogP contribution in [0.4, 0.5) is 0 Å². The third-order valence-corrected chi connectivity index (χ3v) is 2.17. The van der Waals surface area contributed by atoms with Gasteiger partial charge in [-0.1, -0.05) is 0 Å². The predicted molar refractivity (Wildman–Crippen MR) is 58.0 cm³/mol. The van der Waals surface area contributed by atoms with Crippen molar-refractivity contribution in [3.63, 3.8) is 0 Å². The van der Waals surface area contributed by atoms with Crippen LogP contribution in [-0.4, -0.2) is 21.7 Å². The number of carbonyl (C=O) groups is 1. The average Bonchev–Trinajstić information content (AvgIpc) is 2.61. The predicted octanol–water partition coefficient (Wildman–Crippen LogP) is 0.257. The normalized spacial score (nSPS) is 12.7. The molecule has 5 heteroatoms. The molecule has 3 N–H and O–H groups in total. The molecule has 0 radical (unpaired) electrons. The van der Waals surface area contributed by atoms with E-state index in [0.29, 0.717) is 13.0 Å². The van der Waals surface area contributed by atoms with Crippen LogP contribution in [0.3, 0.4) is 0 Å². The Morgan fingerprint density at radius 3 is 3.00 bits per heavy atom. The van der Waals surface area contributed by atoms with Crippen LogP contribution in [0.15, 0.2) is 12.4 Å². The first-order valence-electron chi connectivity index (χ1n) is 5.14. The van der Waals surface area contributed by atoms with E-state index in [0.717, 1.165) is 12.1 Å². The third-order valence-electron chi connectivity index (χ3n) is 2.17. The molecule has 0 bridgehead atoms. The number of amides is 1. The lowest BCUT2D eigenvalue weighted by molar-refractivity contribution is -0.118. The van der Waals surface area contributed by atoms with Crippen LogP contribution in [0.25, 0.3) is 0 Å². The highest BCUT2D eigenvalue weighted by Gasteiger charge is 2.05. The summed E-state index contributed by atoms with van der Waals surface area (Å²) in [7, 11) is 0. The van der Waals surface area contributed by atoms with Gasteiger partial charge in [0.05, 0.1) is 6.20 Å². The fourth-order valence-corrected chi connectivity index (χ4v) is 1.34. The van der Waals surface area contributed by atoms with E-state index in [1.54, 1.807) is 0 Å². The summed E-state index contributed by atoms with van der Waals surface area (Å²) < 4.78 is 1.87. The van der Waals surface area contributed by atoms with Gasteiger partial charge in [0, 0.05) is 37.3 Å². The van der Waals surface area contributed by atoms with Crippen molar-refractivity contribution in [1.29, 1.82) is 0 Å². The molecule has 0 aliphatic carbocycles. The monoisotopic (exact) mass is 210 g/mol. The van der Waals surface area contributed by atoms with Crippen LogP contribution in [0.5, 0.6) is 0 Å². The minimum absolute atomic E-state index is 0.104. The molecule has 1 atom stereocenters. The zero-order valence-electron chi connectivity index (χ0n) is 9.23. The summed E-state index contributed by atoms with van der Waals surface area (Å²) in [5.74, 6) is -0.278. The first-order valence-corrected chi connectivity index (χ1v) is 5.14. The average molecular weight is 210 g/mol. The van der Waals surface area contributed by atoms with E-state index in [1.165, 1.54) is 0 Å². The molecular formula is C10H18N4O. The number of nitrogens with zero attached hydrogens (tertiary/aromatic N) is 2. The Labute approximate surface area is 89.6 Å². The van der Waals surface area contributed by atoms with Gasteiger partial charge in [0.25, 0.3) is 0 Å². The van der Waals surface area contributed by atoms with E-state index in [4.69, 9.17) is 5.73 Å². The Kier molecular flexibility index (Phi) is 4.30. The molecule has 1 aromatic rings. The van der Waals surface area contributed by atoms with Gasteiger partial charge in [0.1, 0.15) is 0 Å². The molecule has 84 valence electrons. The lowest BCUT2D eigenvalue weighted by Crippen LogP contribution is -2.30. The summed E-state index contributed by atoms with van der Waals surface area (Å²) in [6, 6.07) is 0.104. The van der Waals surface area contributed by atoms with Crippen molar-refractivity contribution < 1.29 is 4.79 Å². The maximum atomic E-state index is 10.6. The highest BCUT2D eigenvalue weighted by atomic mass is 16.1. The molecule has 0 saturated heterocycles. The van der Waals surface area contributed by atoms with Crippen molar-refractivity contribution in [2.24, 2.45) is 5.73 Å². The standard InChI is InChI=1S/C10H18N4O/c1-3-14-7-9(6-13-14)5-12-8(2)4-10(11)15/h6-8,12H,3-5H2,1-2H3,(H2,11,15). The fraction of sp³-hybridized carbons (Fsp3) is 0.600. The van der Waals surface area contributed by atoms with E-state index in [2.05, 4.69) is 10.4 Å². The Hall–Kier alpha value is -1.36. The maximum Gasteiger partial charge on any atom is 0.218 e. The molecule has 0 aliphatic heterocycles. The number of aryl methyl sites for hydroxylation is 1. The highest BCUT2D eigenvalue weighted by Crippen LogP contribution is 1.99. The van der Waals surface area contributed by atoms with Crippen LogP contribution in [0, 0.1) is 0 Å². The number of hydrogen-bond acceptors (Lipinski definition) is 3. The van der Waals surface area contributed by atoms with Gasteiger partial charge in [-0.15, -0.1) is 0 Å². The zero-order valence-corrected chi connectivity index (χ0v) is 9.23. The van der Waals surface area contributed by atoms with E-state index in [-0.39, 0.29) is 11.9 Å². The van der Waals surface area contributed by atoms with E-state index in [1.807, 2.05) is 30.9 Å². The summed E-state index contributed by atoms with van der Waals surface area (Å²) >= 11 is 0. The largest absolute Gasteiger partial charge is 0.370 e. The van der Waals surface area contributed by atoms with E-state index >= 15 is 0 Å². The second kappa shape index (κ2) is 5.50. The third kappa shape index (κ3) is 4.12. The van der Waals surface area contributed by atoms with Crippen LogP contribution in [-0.2, 0) is 17.9 Å². The summed E-state index contributed by atoms with van der Waals surface area (Å²) in [5, 5.41) is 7.37. The first kappa shape index (κ1) is 11.7. The SMILES string of the molecule is CCn1cc(CNC(C)CC(N)=O)cn1. The molecule has 5 nitrogen and oxygen atoms in total. The number of nitrogens with one attached hydrogen (secondary N) is 1. The summed E-state index contributed by atoms with van der Waals surface area (Å²) in [4.78, 5) is 10.6. The zero-order chi connectivity index (χ0) is 11.3. The Bertz CT molecular complexity index is 321. The van der Waals surface area contributed by atoms with E-state index < -0.39 is 0 Å². The van der Waals surface area contributed by atoms with Gasteiger partial charge < -0.3 is 11.1 Å². The van der Waals surface area contributed by atoms with Crippen LogP contribution in [0.2, 0.25) is 0 Å². The lowest BCUT2D eigenvalue weighted by atomic mass is 10.2. The number of rotatable bonds is 6. The molecule has 1 amide bonds. The lowest BCUT2D eigenvalue weighted by Gasteiger charge is -2.10. The molecular weight excluding hydrogens is 192 g/mol. The molecule has 15 heavy (non-hydrogen) atoms. The van der Waals surface area contributed by atoms with Gasteiger partial charge in [-0.05, 0) is 13.8 Å².